The minimum atomic E-state index is -0.254. The standard InChI is InChI=1S/C28H26FN3O4/c1-34-19-11-12-22(25(17-19)35-2)26-18-30-27(36-26)20-7-3-4-8-21(20)28(33)32-15-13-31(14-16-32)24-10-6-5-9-23(24)29/h3-12,17-18H,13-16H2,1-2H3. The van der Waals surface area contributed by atoms with E-state index in [2.05, 4.69) is 4.98 Å². The smallest absolute Gasteiger partial charge is 0.254 e. The molecule has 0 saturated carbocycles. The first-order valence-electron chi connectivity index (χ1n) is 11.7. The number of aromatic nitrogens is 1. The average molecular weight is 488 g/mol. The van der Waals surface area contributed by atoms with Crippen LogP contribution in [0.5, 0.6) is 11.5 Å². The van der Waals surface area contributed by atoms with Crippen molar-refractivity contribution in [3.05, 3.63) is 84.3 Å². The molecular formula is C28H26FN3O4. The van der Waals surface area contributed by atoms with Crippen LogP contribution in [0.25, 0.3) is 22.8 Å². The minimum absolute atomic E-state index is 0.111. The lowest BCUT2D eigenvalue weighted by Gasteiger charge is -2.36. The maximum Gasteiger partial charge on any atom is 0.254 e. The first-order valence-corrected chi connectivity index (χ1v) is 11.7. The zero-order valence-corrected chi connectivity index (χ0v) is 20.1. The molecule has 0 radical (unpaired) electrons. The Morgan fingerprint density at radius 1 is 0.917 bits per heavy atom. The average Bonchev–Trinajstić information content (AvgIpc) is 3.42. The number of halogens is 1. The van der Waals surface area contributed by atoms with Gasteiger partial charge in [-0.2, -0.15) is 0 Å². The highest BCUT2D eigenvalue weighted by molar-refractivity contribution is 6.00. The van der Waals surface area contributed by atoms with Crippen molar-refractivity contribution in [2.75, 3.05) is 45.3 Å². The van der Waals surface area contributed by atoms with E-state index in [-0.39, 0.29) is 11.7 Å². The van der Waals surface area contributed by atoms with Gasteiger partial charge in [-0.3, -0.25) is 4.79 Å². The number of carbonyl (C=O) groups excluding carboxylic acids is 1. The Morgan fingerprint density at radius 2 is 1.67 bits per heavy atom. The molecule has 0 atom stereocenters. The van der Waals surface area contributed by atoms with E-state index in [0.717, 1.165) is 5.56 Å². The van der Waals surface area contributed by atoms with Crippen molar-refractivity contribution in [2.24, 2.45) is 0 Å². The molecule has 36 heavy (non-hydrogen) atoms. The fourth-order valence-electron chi connectivity index (χ4n) is 4.41. The van der Waals surface area contributed by atoms with E-state index in [1.54, 1.807) is 49.6 Å². The van der Waals surface area contributed by atoms with Gasteiger partial charge < -0.3 is 23.7 Å². The van der Waals surface area contributed by atoms with Gasteiger partial charge in [-0.15, -0.1) is 0 Å². The molecule has 5 rings (SSSR count). The van der Waals surface area contributed by atoms with Crippen LogP contribution in [0.3, 0.4) is 0 Å². The summed E-state index contributed by atoms with van der Waals surface area (Å²) >= 11 is 0. The number of methoxy groups -OCH3 is 2. The Balaban J connectivity index is 1.37. The number of carbonyl (C=O) groups is 1. The van der Waals surface area contributed by atoms with Crippen LogP contribution in [0.1, 0.15) is 10.4 Å². The molecule has 1 fully saturated rings. The lowest BCUT2D eigenvalue weighted by atomic mass is 10.1. The fraction of sp³-hybridized carbons (Fsp3) is 0.214. The van der Waals surface area contributed by atoms with Gasteiger partial charge in [0.05, 0.1) is 37.2 Å². The van der Waals surface area contributed by atoms with Gasteiger partial charge >= 0.3 is 0 Å². The van der Waals surface area contributed by atoms with Gasteiger partial charge in [-0.1, -0.05) is 24.3 Å². The summed E-state index contributed by atoms with van der Waals surface area (Å²) in [6.07, 6.45) is 1.62. The summed E-state index contributed by atoms with van der Waals surface area (Å²) in [6.45, 7) is 2.08. The summed E-state index contributed by atoms with van der Waals surface area (Å²) in [4.78, 5) is 21.7. The predicted octanol–water partition coefficient (Wildman–Crippen LogP) is 5.13. The Hall–Kier alpha value is -4.33. The van der Waals surface area contributed by atoms with Gasteiger partial charge in [0.1, 0.15) is 17.3 Å². The maximum atomic E-state index is 14.2. The van der Waals surface area contributed by atoms with Gasteiger partial charge in [-0.05, 0) is 36.4 Å². The molecule has 2 heterocycles. The largest absolute Gasteiger partial charge is 0.497 e. The van der Waals surface area contributed by atoms with Crippen LogP contribution >= 0.6 is 0 Å². The van der Waals surface area contributed by atoms with E-state index in [4.69, 9.17) is 13.9 Å². The van der Waals surface area contributed by atoms with Crippen LogP contribution in [-0.2, 0) is 0 Å². The number of rotatable bonds is 6. The number of para-hydroxylation sites is 1. The van der Waals surface area contributed by atoms with Crippen molar-refractivity contribution < 1.29 is 23.1 Å². The summed E-state index contributed by atoms with van der Waals surface area (Å²) in [7, 11) is 3.17. The monoisotopic (exact) mass is 487 g/mol. The Morgan fingerprint density at radius 3 is 2.42 bits per heavy atom. The minimum Gasteiger partial charge on any atom is -0.497 e. The van der Waals surface area contributed by atoms with E-state index in [9.17, 15) is 9.18 Å². The van der Waals surface area contributed by atoms with Crippen molar-refractivity contribution in [1.82, 2.24) is 9.88 Å². The van der Waals surface area contributed by atoms with Gasteiger partial charge in [0.15, 0.2) is 5.76 Å². The van der Waals surface area contributed by atoms with Crippen LogP contribution in [0, 0.1) is 5.82 Å². The second kappa shape index (κ2) is 10.1. The van der Waals surface area contributed by atoms with Gasteiger partial charge in [0.2, 0.25) is 5.89 Å². The van der Waals surface area contributed by atoms with Crippen molar-refractivity contribution in [2.45, 2.75) is 0 Å². The molecular weight excluding hydrogens is 461 g/mol. The van der Waals surface area contributed by atoms with Crippen molar-refractivity contribution in [3.63, 3.8) is 0 Å². The summed E-state index contributed by atoms with van der Waals surface area (Å²) in [5, 5.41) is 0. The third-order valence-electron chi connectivity index (χ3n) is 6.33. The number of benzene rings is 3. The molecule has 1 saturated heterocycles. The molecule has 3 aromatic carbocycles. The van der Waals surface area contributed by atoms with Crippen LogP contribution < -0.4 is 14.4 Å². The lowest BCUT2D eigenvalue weighted by molar-refractivity contribution is 0.0747. The maximum absolute atomic E-state index is 14.2. The number of hydrogen-bond acceptors (Lipinski definition) is 6. The van der Waals surface area contributed by atoms with E-state index < -0.39 is 0 Å². The topological polar surface area (TPSA) is 68.0 Å². The molecule has 7 nitrogen and oxygen atoms in total. The van der Waals surface area contributed by atoms with Crippen molar-refractivity contribution >= 4 is 11.6 Å². The number of ether oxygens (including phenoxy) is 2. The second-order valence-electron chi connectivity index (χ2n) is 8.37. The molecule has 4 aromatic rings. The third kappa shape index (κ3) is 4.49. The lowest BCUT2D eigenvalue weighted by Crippen LogP contribution is -2.49. The number of amides is 1. The molecule has 0 bridgehead atoms. The SMILES string of the molecule is COc1ccc(-c2cnc(-c3ccccc3C(=O)N3CCN(c4ccccc4F)CC3)o2)c(OC)c1. The summed E-state index contributed by atoms with van der Waals surface area (Å²) in [6, 6.07) is 19.4. The summed E-state index contributed by atoms with van der Waals surface area (Å²) in [5.74, 6) is 1.76. The second-order valence-corrected chi connectivity index (χ2v) is 8.37. The molecule has 0 aliphatic carbocycles. The van der Waals surface area contributed by atoms with Gasteiger partial charge in [0.25, 0.3) is 5.91 Å². The van der Waals surface area contributed by atoms with E-state index >= 15 is 0 Å². The molecule has 0 spiro atoms. The van der Waals surface area contributed by atoms with Crippen LogP contribution in [0.15, 0.2) is 77.3 Å². The molecule has 1 amide bonds. The van der Waals surface area contributed by atoms with Crippen molar-refractivity contribution in [3.8, 4) is 34.3 Å². The Labute approximate surface area is 208 Å². The Kier molecular flexibility index (Phi) is 6.58. The zero-order valence-electron chi connectivity index (χ0n) is 20.1. The number of nitrogens with zero attached hydrogens (tertiary/aromatic N) is 3. The molecule has 184 valence electrons. The quantitative estimate of drug-likeness (QED) is 0.376. The molecule has 0 N–H and O–H groups in total. The summed E-state index contributed by atoms with van der Waals surface area (Å²) in [5.41, 5.74) is 2.40. The van der Waals surface area contributed by atoms with E-state index in [0.29, 0.717) is 66.1 Å². The summed E-state index contributed by atoms with van der Waals surface area (Å²) < 4.78 is 31.0. The van der Waals surface area contributed by atoms with Crippen LogP contribution in [0.2, 0.25) is 0 Å². The molecule has 1 aromatic heterocycles. The number of oxazole rings is 1. The van der Waals surface area contributed by atoms with Crippen LogP contribution in [0.4, 0.5) is 10.1 Å². The van der Waals surface area contributed by atoms with Crippen LogP contribution in [-0.4, -0.2) is 56.2 Å². The van der Waals surface area contributed by atoms with Gasteiger partial charge in [0, 0.05) is 37.8 Å². The molecule has 1 aliphatic rings. The fourth-order valence-corrected chi connectivity index (χ4v) is 4.41. The van der Waals surface area contributed by atoms with E-state index in [1.807, 2.05) is 41.3 Å². The van der Waals surface area contributed by atoms with E-state index in [1.165, 1.54) is 6.07 Å². The first-order chi connectivity index (χ1) is 17.6. The molecule has 0 unspecified atom stereocenters. The highest BCUT2D eigenvalue weighted by Crippen LogP contribution is 2.36. The molecule has 8 heteroatoms. The zero-order chi connectivity index (χ0) is 25.1. The van der Waals surface area contributed by atoms with Crippen molar-refractivity contribution in [1.29, 1.82) is 0 Å². The Bertz CT molecular complexity index is 1380. The number of hydrogen-bond donors (Lipinski definition) is 0. The highest BCUT2D eigenvalue weighted by Gasteiger charge is 2.26. The third-order valence-corrected chi connectivity index (χ3v) is 6.33. The number of piperazine rings is 1. The number of anilines is 1. The van der Waals surface area contributed by atoms with Gasteiger partial charge in [-0.25, -0.2) is 9.37 Å². The first kappa shape index (κ1) is 23.4. The predicted molar refractivity (Wildman–Crippen MR) is 135 cm³/mol. The highest BCUT2D eigenvalue weighted by atomic mass is 19.1. The normalized spacial score (nSPS) is 13.5. The molecule has 1 aliphatic heterocycles.